The van der Waals surface area contributed by atoms with E-state index < -0.39 is 11.0 Å². The summed E-state index contributed by atoms with van der Waals surface area (Å²) in [5, 5.41) is 14.9. The van der Waals surface area contributed by atoms with E-state index in [1.165, 1.54) is 23.0 Å². The van der Waals surface area contributed by atoms with Crippen molar-refractivity contribution in [2.75, 3.05) is 29.2 Å². The smallest absolute Gasteiger partial charge is 0.319 e. The summed E-state index contributed by atoms with van der Waals surface area (Å²) in [6.07, 6.45) is 7.43. The highest BCUT2D eigenvalue weighted by atomic mass is 16.6. The maximum atomic E-state index is 12.4. The first-order chi connectivity index (χ1) is 16.3. The molecule has 10 heteroatoms. The SMILES string of the molecule is Cc1c(N(C(N)=O)C2CCC(Nc3nc4c(c(N(C)C)n3)CCCC4)CC2)cccc1[N+](=O)[O-]. The van der Waals surface area contributed by atoms with E-state index in [2.05, 4.69) is 10.2 Å². The van der Waals surface area contributed by atoms with Gasteiger partial charge in [-0.05, 0) is 64.4 Å². The molecule has 2 aromatic rings. The third-order valence-electron chi connectivity index (χ3n) is 6.95. The van der Waals surface area contributed by atoms with Crippen LogP contribution in [-0.2, 0) is 12.8 Å². The molecule has 0 bridgehead atoms. The summed E-state index contributed by atoms with van der Waals surface area (Å²) in [7, 11) is 4.03. The Bertz CT molecular complexity index is 1080. The van der Waals surface area contributed by atoms with Crippen LogP contribution in [0.15, 0.2) is 18.2 Å². The van der Waals surface area contributed by atoms with E-state index in [-0.39, 0.29) is 17.8 Å². The minimum Gasteiger partial charge on any atom is -0.362 e. The molecule has 2 amide bonds. The molecule has 34 heavy (non-hydrogen) atoms. The van der Waals surface area contributed by atoms with Crippen LogP contribution in [0.3, 0.4) is 0 Å². The van der Waals surface area contributed by atoms with Crippen LogP contribution >= 0.6 is 0 Å². The van der Waals surface area contributed by atoms with Crippen LogP contribution in [0.25, 0.3) is 0 Å². The Morgan fingerprint density at radius 1 is 1.15 bits per heavy atom. The third kappa shape index (κ3) is 4.76. The topological polar surface area (TPSA) is 131 Å². The number of anilines is 3. The minimum atomic E-state index is -0.589. The summed E-state index contributed by atoms with van der Waals surface area (Å²) >= 11 is 0. The van der Waals surface area contributed by atoms with Crippen LogP contribution in [0.1, 0.15) is 55.3 Å². The molecule has 0 unspecified atom stereocenters. The number of carbonyl (C=O) groups is 1. The summed E-state index contributed by atoms with van der Waals surface area (Å²) < 4.78 is 0. The number of amides is 2. The van der Waals surface area contributed by atoms with Gasteiger partial charge in [0, 0.05) is 37.8 Å². The number of fused-ring (bicyclic) bond motifs is 1. The molecule has 0 spiro atoms. The molecule has 0 saturated heterocycles. The second-order valence-electron chi connectivity index (χ2n) is 9.43. The number of nitrogens with two attached hydrogens (primary N) is 1. The molecular formula is C24H33N7O3. The van der Waals surface area contributed by atoms with E-state index in [4.69, 9.17) is 15.7 Å². The Kier molecular flexibility index (Phi) is 6.85. The predicted molar refractivity (Wildman–Crippen MR) is 133 cm³/mol. The van der Waals surface area contributed by atoms with E-state index in [1.54, 1.807) is 19.1 Å². The van der Waals surface area contributed by atoms with E-state index >= 15 is 0 Å². The molecule has 1 heterocycles. The second kappa shape index (κ2) is 9.82. The molecule has 2 aliphatic carbocycles. The molecule has 0 aliphatic heterocycles. The van der Waals surface area contributed by atoms with Crippen LogP contribution in [0, 0.1) is 17.0 Å². The zero-order valence-corrected chi connectivity index (χ0v) is 20.1. The van der Waals surface area contributed by atoms with Gasteiger partial charge < -0.3 is 16.0 Å². The molecule has 0 radical (unpaired) electrons. The molecule has 10 nitrogen and oxygen atoms in total. The van der Waals surface area contributed by atoms with Gasteiger partial charge in [-0.3, -0.25) is 15.0 Å². The number of hydrogen-bond acceptors (Lipinski definition) is 7. The highest BCUT2D eigenvalue weighted by molar-refractivity contribution is 5.92. The number of nitrogens with one attached hydrogen (secondary N) is 1. The summed E-state index contributed by atoms with van der Waals surface area (Å²) in [6, 6.07) is 4.25. The molecule has 182 valence electrons. The molecule has 1 aromatic carbocycles. The van der Waals surface area contributed by atoms with E-state index in [0.717, 1.165) is 56.5 Å². The second-order valence-corrected chi connectivity index (χ2v) is 9.43. The van der Waals surface area contributed by atoms with Crippen LogP contribution in [0.2, 0.25) is 0 Å². The van der Waals surface area contributed by atoms with Crippen molar-refractivity contribution in [3.8, 4) is 0 Å². The molecule has 3 N–H and O–H groups in total. The van der Waals surface area contributed by atoms with Crippen LogP contribution in [-0.4, -0.2) is 47.1 Å². The van der Waals surface area contributed by atoms with Crippen LogP contribution in [0.5, 0.6) is 0 Å². The van der Waals surface area contributed by atoms with Gasteiger partial charge in [0.15, 0.2) is 0 Å². The number of rotatable bonds is 6. The zero-order chi connectivity index (χ0) is 24.4. The average Bonchev–Trinajstić information content (AvgIpc) is 2.80. The molecule has 4 rings (SSSR count). The van der Waals surface area contributed by atoms with Gasteiger partial charge in [-0.1, -0.05) is 6.07 Å². The summed E-state index contributed by atoms with van der Waals surface area (Å²) in [6.45, 7) is 1.66. The number of carbonyl (C=O) groups excluding carboxylic acids is 1. The lowest BCUT2D eigenvalue weighted by Gasteiger charge is -2.37. The van der Waals surface area contributed by atoms with Gasteiger partial charge in [0.1, 0.15) is 5.82 Å². The number of nitro groups is 1. The van der Waals surface area contributed by atoms with Crippen molar-refractivity contribution in [2.45, 2.75) is 70.4 Å². The quantitative estimate of drug-likeness (QED) is 0.486. The Hall–Kier alpha value is -3.43. The summed E-state index contributed by atoms with van der Waals surface area (Å²) in [5.41, 5.74) is 9.08. The average molecular weight is 468 g/mol. The van der Waals surface area contributed by atoms with Gasteiger partial charge >= 0.3 is 6.03 Å². The number of nitro benzene ring substituents is 1. The minimum absolute atomic E-state index is 0.0136. The molecule has 0 atom stereocenters. The fourth-order valence-electron chi connectivity index (χ4n) is 5.24. The summed E-state index contributed by atoms with van der Waals surface area (Å²) in [5.74, 6) is 1.65. The highest BCUT2D eigenvalue weighted by Crippen LogP contribution is 2.34. The largest absolute Gasteiger partial charge is 0.362 e. The molecule has 1 saturated carbocycles. The maximum absolute atomic E-state index is 12.4. The third-order valence-corrected chi connectivity index (χ3v) is 6.95. The van der Waals surface area contributed by atoms with Crippen molar-refractivity contribution in [1.29, 1.82) is 0 Å². The lowest BCUT2D eigenvalue weighted by Crippen LogP contribution is -2.47. The van der Waals surface area contributed by atoms with Gasteiger partial charge in [-0.15, -0.1) is 0 Å². The number of nitrogens with zero attached hydrogens (tertiary/aromatic N) is 5. The number of hydrogen-bond donors (Lipinski definition) is 2. The Balaban J connectivity index is 1.48. The number of urea groups is 1. The monoisotopic (exact) mass is 467 g/mol. The lowest BCUT2D eigenvalue weighted by molar-refractivity contribution is -0.385. The van der Waals surface area contributed by atoms with Crippen LogP contribution < -0.4 is 20.9 Å². The number of aryl methyl sites for hydroxylation is 1. The molecular weight excluding hydrogens is 434 g/mol. The highest BCUT2D eigenvalue weighted by Gasteiger charge is 2.32. The number of primary amides is 1. The van der Waals surface area contributed by atoms with Crippen molar-refractivity contribution in [2.24, 2.45) is 5.73 Å². The van der Waals surface area contributed by atoms with Crippen molar-refractivity contribution in [3.05, 3.63) is 45.1 Å². The standard InChI is InChI=1S/C24H33N7O3/c1-15-20(9-6-10-21(15)31(33)34)30(23(25)32)17-13-11-16(12-14-17)26-24-27-19-8-5-4-7-18(19)22(28-24)29(2)3/h6,9-10,16-17H,4-5,7-8,11-14H2,1-3H3,(H2,25,32)(H,26,27,28). The van der Waals surface area contributed by atoms with Gasteiger partial charge in [-0.25, -0.2) is 9.78 Å². The van der Waals surface area contributed by atoms with Crippen molar-refractivity contribution < 1.29 is 9.72 Å². The summed E-state index contributed by atoms with van der Waals surface area (Å²) in [4.78, 5) is 36.5. The van der Waals surface area contributed by atoms with Crippen LogP contribution in [0.4, 0.5) is 27.9 Å². The van der Waals surface area contributed by atoms with E-state index in [9.17, 15) is 14.9 Å². The predicted octanol–water partition coefficient (Wildman–Crippen LogP) is 3.95. The zero-order valence-electron chi connectivity index (χ0n) is 20.1. The first-order valence-corrected chi connectivity index (χ1v) is 11.9. The van der Waals surface area contributed by atoms with Gasteiger partial charge in [0.25, 0.3) is 5.69 Å². The fourth-order valence-corrected chi connectivity index (χ4v) is 5.24. The Labute approximate surface area is 199 Å². The van der Waals surface area contributed by atoms with Gasteiger partial charge in [0.05, 0.1) is 21.9 Å². The van der Waals surface area contributed by atoms with E-state index in [1.807, 2.05) is 14.1 Å². The van der Waals surface area contributed by atoms with Crippen molar-refractivity contribution in [1.82, 2.24) is 9.97 Å². The van der Waals surface area contributed by atoms with Crippen molar-refractivity contribution >= 4 is 29.2 Å². The number of aromatic nitrogens is 2. The van der Waals surface area contributed by atoms with Gasteiger partial charge in [-0.2, -0.15) is 4.98 Å². The molecule has 1 fully saturated rings. The normalized spacial score (nSPS) is 19.7. The van der Waals surface area contributed by atoms with Crippen molar-refractivity contribution in [3.63, 3.8) is 0 Å². The first kappa shape index (κ1) is 23.7. The maximum Gasteiger partial charge on any atom is 0.319 e. The Morgan fingerprint density at radius 2 is 1.85 bits per heavy atom. The molecule has 1 aromatic heterocycles. The number of benzene rings is 1. The molecule has 2 aliphatic rings. The Morgan fingerprint density at radius 3 is 2.50 bits per heavy atom. The van der Waals surface area contributed by atoms with Gasteiger partial charge in [0.2, 0.25) is 5.95 Å². The first-order valence-electron chi connectivity index (χ1n) is 11.9. The van der Waals surface area contributed by atoms with E-state index in [0.29, 0.717) is 17.2 Å². The lowest BCUT2D eigenvalue weighted by atomic mass is 9.89. The fraction of sp³-hybridized carbons (Fsp3) is 0.542.